The van der Waals surface area contributed by atoms with E-state index in [9.17, 15) is 4.79 Å². The first-order chi connectivity index (χ1) is 9.17. The maximum absolute atomic E-state index is 12.5. The molecule has 0 radical (unpaired) electrons. The molecule has 1 aromatic carbocycles. The largest absolute Gasteiger partial charge is 0.496 e. The molecule has 6 heteroatoms. The summed E-state index contributed by atoms with van der Waals surface area (Å²) in [6.07, 6.45) is 0. The Morgan fingerprint density at radius 1 is 1.63 bits per heavy atom. The van der Waals surface area contributed by atoms with Crippen molar-refractivity contribution in [3.63, 3.8) is 0 Å². The predicted octanol–water partition coefficient (Wildman–Crippen LogP) is 1.26. The maximum Gasteiger partial charge on any atom is 0.254 e. The van der Waals surface area contributed by atoms with Crippen LogP contribution in [-0.4, -0.2) is 50.3 Å². The van der Waals surface area contributed by atoms with Gasteiger partial charge in [-0.1, -0.05) is 0 Å². The lowest BCUT2D eigenvalue weighted by Crippen LogP contribution is -2.52. The molecule has 1 heterocycles. The second-order valence-electron chi connectivity index (χ2n) is 4.31. The molecule has 5 nitrogen and oxygen atoms in total. The van der Waals surface area contributed by atoms with Gasteiger partial charge in [-0.15, -0.1) is 0 Å². The summed E-state index contributed by atoms with van der Waals surface area (Å²) < 4.78 is 11.3. The Morgan fingerprint density at radius 2 is 2.42 bits per heavy atom. The zero-order chi connectivity index (χ0) is 13.8. The zero-order valence-electron chi connectivity index (χ0n) is 10.8. The van der Waals surface area contributed by atoms with E-state index in [2.05, 4.69) is 15.9 Å². The van der Waals surface area contributed by atoms with Crippen LogP contribution < -0.4 is 10.5 Å². The molecule has 1 unspecified atom stereocenters. The van der Waals surface area contributed by atoms with Crippen LogP contribution in [0.25, 0.3) is 0 Å². The lowest BCUT2D eigenvalue weighted by Gasteiger charge is -2.35. The van der Waals surface area contributed by atoms with Crippen LogP contribution in [0.15, 0.2) is 22.7 Å². The molecule has 1 aliphatic heterocycles. The number of nitrogens with two attached hydrogens (primary N) is 1. The van der Waals surface area contributed by atoms with Gasteiger partial charge in [-0.3, -0.25) is 4.79 Å². The van der Waals surface area contributed by atoms with Gasteiger partial charge in [0, 0.05) is 18.7 Å². The molecule has 1 aliphatic rings. The Kier molecular flexibility index (Phi) is 4.79. The topological polar surface area (TPSA) is 64.8 Å². The summed E-state index contributed by atoms with van der Waals surface area (Å²) in [5.74, 6) is 0.677. The number of carbonyl (C=O) groups excluding carboxylic acids is 1. The van der Waals surface area contributed by atoms with Crippen molar-refractivity contribution in [1.82, 2.24) is 4.90 Å². The van der Waals surface area contributed by atoms with Crippen LogP contribution in [0.4, 0.5) is 0 Å². The standard InChI is InChI=1S/C13H17BrN2O3/c1-18-12-3-2-9(6-11(12)14)13(17)16-4-5-19-8-10(16)7-15/h2-3,6,10H,4-5,7-8,15H2,1H3. The van der Waals surface area contributed by atoms with E-state index in [0.717, 1.165) is 4.47 Å². The summed E-state index contributed by atoms with van der Waals surface area (Å²) in [4.78, 5) is 14.2. The van der Waals surface area contributed by atoms with Crippen LogP contribution in [0.3, 0.4) is 0 Å². The number of benzene rings is 1. The number of nitrogens with zero attached hydrogens (tertiary/aromatic N) is 1. The van der Waals surface area contributed by atoms with E-state index >= 15 is 0 Å². The normalized spacial score (nSPS) is 19.3. The summed E-state index contributed by atoms with van der Waals surface area (Å²) in [5.41, 5.74) is 6.30. The van der Waals surface area contributed by atoms with Crippen molar-refractivity contribution >= 4 is 21.8 Å². The predicted molar refractivity (Wildman–Crippen MR) is 75.4 cm³/mol. The third-order valence-corrected chi connectivity index (χ3v) is 3.78. The molecule has 1 atom stereocenters. The van der Waals surface area contributed by atoms with Crippen molar-refractivity contribution in [1.29, 1.82) is 0 Å². The molecule has 1 amide bonds. The van der Waals surface area contributed by atoms with Crippen LogP contribution in [0.1, 0.15) is 10.4 Å². The third kappa shape index (κ3) is 3.08. The van der Waals surface area contributed by atoms with Crippen LogP contribution >= 0.6 is 15.9 Å². The van der Waals surface area contributed by atoms with E-state index in [0.29, 0.717) is 37.6 Å². The minimum absolute atomic E-state index is 0.0258. The smallest absolute Gasteiger partial charge is 0.254 e. The minimum Gasteiger partial charge on any atom is -0.496 e. The Bertz CT molecular complexity index is 467. The molecule has 0 bridgehead atoms. The van der Waals surface area contributed by atoms with E-state index in [1.54, 1.807) is 30.2 Å². The summed E-state index contributed by atoms with van der Waals surface area (Å²) in [5, 5.41) is 0. The number of hydrogen-bond acceptors (Lipinski definition) is 4. The fraction of sp³-hybridized carbons (Fsp3) is 0.462. The lowest BCUT2D eigenvalue weighted by molar-refractivity contribution is 0.000834. The van der Waals surface area contributed by atoms with Crippen LogP contribution in [0.5, 0.6) is 5.75 Å². The van der Waals surface area contributed by atoms with Crippen molar-refractivity contribution in [3.05, 3.63) is 28.2 Å². The van der Waals surface area contributed by atoms with Gasteiger partial charge < -0.3 is 20.1 Å². The quantitative estimate of drug-likeness (QED) is 0.907. The van der Waals surface area contributed by atoms with Crippen molar-refractivity contribution in [2.45, 2.75) is 6.04 Å². The monoisotopic (exact) mass is 328 g/mol. The van der Waals surface area contributed by atoms with Gasteiger partial charge in [0.1, 0.15) is 5.75 Å². The molecule has 0 saturated carbocycles. The second kappa shape index (κ2) is 6.36. The van der Waals surface area contributed by atoms with E-state index < -0.39 is 0 Å². The Hall–Kier alpha value is -1.11. The molecular formula is C13H17BrN2O3. The number of hydrogen-bond donors (Lipinski definition) is 1. The number of rotatable bonds is 3. The highest BCUT2D eigenvalue weighted by Gasteiger charge is 2.27. The fourth-order valence-electron chi connectivity index (χ4n) is 2.08. The molecule has 2 rings (SSSR count). The average Bonchev–Trinajstić information content (AvgIpc) is 2.46. The number of carbonyl (C=O) groups is 1. The molecule has 2 N–H and O–H groups in total. The van der Waals surface area contributed by atoms with E-state index in [1.807, 2.05) is 0 Å². The number of methoxy groups -OCH3 is 1. The summed E-state index contributed by atoms with van der Waals surface area (Å²) in [6, 6.07) is 5.25. The average molecular weight is 329 g/mol. The van der Waals surface area contributed by atoms with Gasteiger partial charge in [0.25, 0.3) is 5.91 Å². The van der Waals surface area contributed by atoms with Crippen LogP contribution in [0, 0.1) is 0 Å². The van der Waals surface area contributed by atoms with Crippen molar-refractivity contribution in [3.8, 4) is 5.75 Å². The van der Waals surface area contributed by atoms with Crippen molar-refractivity contribution in [2.75, 3.05) is 33.4 Å². The zero-order valence-corrected chi connectivity index (χ0v) is 12.4. The molecule has 104 valence electrons. The first kappa shape index (κ1) is 14.3. The molecule has 1 fully saturated rings. The highest BCUT2D eigenvalue weighted by Crippen LogP contribution is 2.26. The Balaban J connectivity index is 2.20. The highest BCUT2D eigenvalue weighted by molar-refractivity contribution is 9.10. The summed E-state index contributed by atoms with van der Waals surface area (Å²) in [7, 11) is 1.59. The minimum atomic E-state index is -0.0536. The van der Waals surface area contributed by atoms with Gasteiger partial charge in [-0.05, 0) is 34.1 Å². The van der Waals surface area contributed by atoms with Gasteiger partial charge in [0.05, 0.1) is 30.8 Å². The van der Waals surface area contributed by atoms with Gasteiger partial charge in [0.2, 0.25) is 0 Å². The molecule has 0 aromatic heterocycles. The molecule has 0 aliphatic carbocycles. The first-order valence-corrected chi connectivity index (χ1v) is 6.89. The Morgan fingerprint density at radius 3 is 3.05 bits per heavy atom. The van der Waals surface area contributed by atoms with Gasteiger partial charge in [0.15, 0.2) is 0 Å². The second-order valence-corrected chi connectivity index (χ2v) is 5.17. The molecular weight excluding hydrogens is 312 g/mol. The summed E-state index contributed by atoms with van der Waals surface area (Å²) >= 11 is 3.39. The van der Waals surface area contributed by atoms with Crippen LogP contribution in [0.2, 0.25) is 0 Å². The van der Waals surface area contributed by atoms with Crippen molar-refractivity contribution < 1.29 is 14.3 Å². The third-order valence-electron chi connectivity index (χ3n) is 3.16. The Labute approximate surface area is 120 Å². The molecule has 1 aromatic rings. The first-order valence-electron chi connectivity index (χ1n) is 6.09. The summed E-state index contributed by atoms with van der Waals surface area (Å²) in [6.45, 7) is 2.03. The molecule has 0 spiro atoms. The number of morpholine rings is 1. The molecule has 19 heavy (non-hydrogen) atoms. The number of amides is 1. The SMILES string of the molecule is COc1ccc(C(=O)N2CCOCC2CN)cc1Br. The van der Waals surface area contributed by atoms with E-state index in [4.69, 9.17) is 15.2 Å². The number of ether oxygens (including phenoxy) is 2. The lowest BCUT2D eigenvalue weighted by atomic mass is 10.1. The fourth-order valence-corrected chi connectivity index (χ4v) is 2.62. The van der Waals surface area contributed by atoms with E-state index in [1.165, 1.54) is 0 Å². The van der Waals surface area contributed by atoms with Gasteiger partial charge >= 0.3 is 0 Å². The number of halogens is 1. The van der Waals surface area contributed by atoms with Gasteiger partial charge in [-0.2, -0.15) is 0 Å². The van der Waals surface area contributed by atoms with E-state index in [-0.39, 0.29) is 11.9 Å². The highest BCUT2D eigenvalue weighted by atomic mass is 79.9. The molecule has 1 saturated heterocycles. The van der Waals surface area contributed by atoms with Gasteiger partial charge in [-0.25, -0.2) is 0 Å². The van der Waals surface area contributed by atoms with Crippen LogP contribution in [-0.2, 0) is 4.74 Å². The maximum atomic E-state index is 12.5. The van der Waals surface area contributed by atoms with Crippen molar-refractivity contribution in [2.24, 2.45) is 5.73 Å².